The summed E-state index contributed by atoms with van der Waals surface area (Å²) in [6.45, 7) is 0.807. The van der Waals surface area contributed by atoms with Gasteiger partial charge in [-0.3, -0.25) is 4.79 Å². The second-order valence-electron chi connectivity index (χ2n) is 4.28. The van der Waals surface area contributed by atoms with E-state index in [1.54, 1.807) is 7.11 Å². The van der Waals surface area contributed by atoms with Crippen LogP contribution >= 0.6 is 0 Å². The lowest BCUT2D eigenvalue weighted by molar-refractivity contribution is -0.121. The molecule has 4 heteroatoms. The molecule has 0 unspecified atom stereocenters. The Bertz CT molecular complexity index is 581. The maximum atomic E-state index is 11.5. The van der Waals surface area contributed by atoms with Crippen molar-refractivity contribution >= 4 is 16.7 Å². The fourth-order valence-corrected chi connectivity index (χ4v) is 2.10. The van der Waals surface area contributed by atoms with Crippen molar-refractivity contribution < 1.29 is 9.53 Å². The minimum atomic E-state index is -0.0440. The molecule has 0 radical (unpaired) electrons. The Morgan fingerprint density at radius 1 is 1.26 bits per heavy atom. The molecular formula is C15H18N2O2. The summed E-state index contributed by atoms with van der Waals surface area (Å²) in [6.07, 6.45) is 0.340. The van der Waals surface area contributed by atoms with Gasteiger partial charge in [0.1, 0.15) is 5.75 Å². The largest absolute Gasteiger partial charge is 0.496 e. The molecule has 4 nitrogen and oxygen atoms in total. The summed E-state index contributed by atoms with van der Waals surface area (Å²) in [5, 5.41) is 5.09. The minimum Gasteiger partial charge on any atom is -0.496 e. The molecule has 3 N–H and O–H groups in total. The zero-order valence-electron chi connectivity index (χ0n) is 11.0. The van der Waals surface area contributed by atoms with Gasteiger partial charge in [0.2, 0.25) is 5.91 Å². The zero-order valence-corrected chi connectivity index (χ0v) is 11.0. The summed E-state index contributed by atoms with van der Waals surface area (Å²) < 4.78 is 5.37. The first-order valence-electron chi connectivity index (χ1n) is 6.27. The van der Waals surface area contributed by atoms with Gasteiger partial charge < -0.3 is 15.8 Å². The van der Waals surface area contributed by atoms with Crippen LogP contribution in [0.1, 0.15) is 12.0 Å². The Morgan fingerprint density at radius 2 is 2.05 bits per heavy atom. The van der Waals surface area contributed by atoms with E-state index in [-0.39, 0.29) is 5.91 Å². The summed E-state index contributed by atoms with van der Waals surface area (Å²) in [5.74, 6) is 0.740. The van der Waals surface area contributed by atoms with Crippen molar-refractivity contribution in [3.8, 4) is 5.75 Å². The van der Waals surface area contributed by atoms with Crippen molar-refractivity contribution in [1.82, 2.24) is 5.32 Å². The van der Waals surface area contributed by atoms with Crippen LogP contribution in [0.4, 0.5) is 0 Å². The van der Waals surface area contributed by atoms with Crippen LogP contribution in [0, 0.1) is 0 Å². The van der Waals surface area contributed by atoms with Gasteiger partial charge in [-0.15, -0.1) is 0 Å². The smallest absolute Gasteiger partial charge is 0.221 e. The predicted molar refractivity (Wildman–Crippen MR) is 76.0 cm³/mol. The summed E-state index contributed by atoms with van der Waals surface area (Å²) in [4.78, 5) is 11.5. The first-order valence-corrected chi connectivity index (χ1v) is 6.27. The van der Waals surface area contributed by atoms with Gasteiger partial charge in [-0.05, 0) is 16.8 Å². The van der Waals surface area contributed by atoms with E-state index < -0.39 is 0 Å². The van der Waals surface area contributed by atoms with Crippen LogP contribution in [0.5, 0.6) is 5.75 Å². The topological polar surface area (TPSA) is 64.3 Å². The molecule has 0 saturated carbocycles. The fourth-order valence-electron chi connectivity index (χ4n) is 2.10. The van der Waals surface area contributed by atoms with Crippen LogP contribution in [0.3, 0.4) is 0 Å². The predicted octanol–water partition coefficient (Wildman–Crippen LogP) is 1.81. The van der Waals surface area contributed by atoms with E-state index in [0.717, 1.165) is 22.1 Å². The standard InChI is InChI=1S/C15H18N2O2/c1-19-14-7-6-11-4-2-3-5-12(11)13(14)10-17-15(18)8-9-16/h2-7H,8-10,16H2,1H3,(H,17,18). The van der Waals surface area contributed by atoms with Gasteiger partial charge in [0, 0.05) is 25.1 Å². The van der Waals surface area contributed by atoms with Crippen molar-refractivity contribution in [2.24, 2.45) is 5.73 Å². The highest BCUT2D eigenvalue weighted by molar-refractivity contribution is 5.88. The highest BCUT2D eigenvalue weighted by Gasteiger charge is 2.09. The number of amides is 1. The van der Waals surface area contributed by atoms with E-state index in [4.69, 9.17) is 10.5 Å². The summed E-state index contributed by atoms with van der Waals surface area (Å²) in [7, 11) is 1.63. The zero-order chi connectivity index (χ0) is 13.7. The number of ether oxygens (including phenoxy) is 1. The average Bonchev–Trinajstić information content (AvgIpc) is 2.44. The van der Waals surface area contributed by atoms with Crippen molar-refractivity contribution in [2.75, 3.05) is 13.7 Å². The van der Waals surface area contributed by atoms with Crippen LogP contribution in [-0.4, -0.2) is 19.6 Å². The first-order chi connectivity index (χ1) is 9.26. The summed E-state index contributed by atoms with van der Waals surface area (Å²) in [6, 6.07) is 12.0. The Labute approximate surface area is 112 Å². The number of rotatable bonds is 5. The molecule has 0 aliphatic heterocycles. The van der Waals surface area contributed by atoms with Crippen LogP contribution in [-0.2, 0) is 11.3 Å². The van der Waals surface area contributed by atoms with Crippen molar-refractivity contribution in [3.63, 3.8) is 0 Å². The van der Waals surface area contributed by atoms with Gasteiger partial charge in [0.05, 0.1) is 7.11 Å². The number of carbonyl (C=O) groups is 1. The van der Waals surface area contributed by atoms with E-state index in [1.165, 1.54) is 0 Å². The van der Waals surface area contributed by atoms with E-state index in [1.807, 2.05) is 36.4 Å². The molecule has 2 aromatic carbocycles. The first kappa shape index (κ1) is 13.4. The Kier molecular flexibility index (Phi) is 4.36. The third kappa shape index (κ3) is 3.03. The number of hydrogen-bond donors (Lipinski definition) is 2. The Hall–Kier alpha value is -2.07. The third-order valence-corrected chi connectivity index (χ3v) is 3.05. The van der Waals surface area contributed by atoms with Crippen LogP contribution in [0.25, 0.3) is 10.8 Å². The molecule has 0 fully saturated rings. The van der Waals surface area contributed by atoms with E-state index >= 15 is 0 Å². The SMILES string of the molecule is COc1ccc2ccccc2c1CNC(=O)CCN. The number of nitrogens with one attached hydrogen (secondary N) is 1. The fraction of sp³-hybridized carbons (Fsp3) is 0.267. The van der Waals surface area contributed by atoms with E-state index in [9.17, 15) is 4.79 Å². The maximum absolute atomic E-state index is 11.5. The molecule has 100 valence electrons. The van der Waals surface area contributed by atoms with E-state index in [2.05, 4.69) is 5.32 Å². The lowest BCUT2D eigenvalue weighted by Gasteiger charge is -2.13. The highest BCUT2D eigenvalue weighted by Crippen LogP contribution is 2.27. The molecule has 19 heavy (non-hydrogen) atoms. The van der Waals surface area contributed by atoms with Gasteiger partial charge in [0.15, 0.2) is 0 Å². The third-order valence-electron chi connectivity index (χ3n) is 3.05. The molecule has 0 spiro atoms. The number of nitrogens with two attached hydrogens (primary N) is 1. The summed E-state index contributed by atoms with van der Waals surface area (Å²) >= 11 is 0. The van der Waals surface area contributed by atoms with E-state index in [0.29, 0.717) is 19.5 Å². The van der Waals surface area contributed by atoms with Crippen LogP contribution in [0.15, 0.2) is 36.4 Å². The molecule has 0 saturated heterocycles. The molecule has 0 aromatic heterocycles. The quantitative estimate of drug-likeness (QED) is 0.859. The molecular weight excluding hydrogens is 240 g/mol. The number of carbonyl (C=O) groups excluding carboxylic acids is 1. The second kappa shape index (κ2) is 6.20. The lowest BCUT2D eigenvalue weighted by atomic mass is 10.0. The van der Waals surface area contributed by atoms with Crippen molar-refractivity contribution in [2.45, 2.75) is 13.0 Å². The summed E-state index contributed by atoms with van der Waals surface area (Å²) in [5.41, 5.74) is 6.35. The van der Waals surface area contributed by atoms with Gasteiger partial charge in [0.25, 0.3) is 0 Å². The normalized spacial score (nSPS) is 10.4. The average molecular weight is 258 g/mol. The van der Waals surface area contributed by atoms with Crippen LogP contribution < -0.4 is 15.8 Å². The molecule has 0 heterocycles. The van der Waals surface area contributed by atoms with Gasteiger partial charge in [-0.1, -0.05) is 30.3 Å². The number of benzene rings is 2. The molecule has 0 aliphatic carbocycles. The van der Waals surface area contributed by atoms with Crippen LogP contribution in [0.2, 0.25) is 0 Å². The molecule has 1 amide bonds. The molecule has 0 atom stereocenters. The molecule has 0 bridgehead atoms. The van der Waals surface area contributed by atoms with Gasteiger partial charge in [-0.25, -0.2) is 0 Å². The van der Waals surface area contributed by atoms with Crippen molar-refractivity contribution in [1.29, 1.82) is 0 Å². The minimum absolute atomic E-state index is 0.0440. The number of hydrogen-bond acceptors (Lipinski definition) is 3. The highest BCUT2D eigenvalue weighted by atomic mass is 16.5. The van der Waals surface area contributed by atoms with Crippen molar-refractivity contribution in [3.05, 3.63) is 42.0 Å². The maximum Gasteiger partial charge on any atom is 0.221 e. The number of fused-ring (bicyclic) bond motifs is 1. The molecule has 0 aliphatic rings. The second-order valence-corrected chi connectivity index (χ2v) is 4.28. The monoisotopic (exact) mass is 258 g/mol. The Balaban J connectivity index is 2.31. The molecule has 2 rings (SSSR count). The lowest BCUT2D eigenvalue weighted by Crippen LogP contribution is -2.25. The van der Waals surface area contributed by atoms with Gasteiger partial charge in [-0.2, -0.15) is 0 Å². The Morgan fingerprint density at radius 3 is 2.79 bits per heavy atom. The molecule has 2 aromatic rings. The van der Waals surface area contributed by atoms with Gasteiger partial charge >= 0.3 is 0 Å². The number of methoxy groups -OCH3 is 1.